The predicted molar refractivity (Wildman–Crippen MR) is 139 cm³/mol. The maximum Gasteiger partial charge on any atom is 0.319 e. The summed E-state index contributed by atoms with van der Waals surface area (Å²) in [6.07, 6.45) is 7.03. The number of carboxylic acid groups (broad SMARTS) is 1. The monoisotopic (exact) mass is 513 g/mol. The number of methoxy groups -OCH3 is 1. The van der Waals surface area contributed by atoms with Gasteiger partial charge in [-0.1, -0.05) is 18.2 Å². The summed E-state index contributed by atoms with van der Waals surface area (Å²) in [5.41, 5.74) is 12.2. The Hall–Kier alpha value is -2.95. The van der Waals surface area contributed by atoms with Crippen molar-refractivity contribution in [3.05, 3.63) is 36.0 Å². The van der Waals surface area contributed by atoms with Crippen molar-refractivity contribution in [1.29, 1.82) is 0 Å². The van der Waals surface area contributed by atoms with Crippen molar-refractivity contribution >= 4 is 28.7 Å². The highest BCUT2D eigenvalue weighted by Crippen LogP contribution is 2.45. The van der Waals surface area contributed by atoms with E-state index in [1.54, 1.807) is 7.11 Å². The van der Waals surface area contributed by atoms with Gasteiger partial charge in [0.25, 0.3) is 0 Å². The van der Waals surface area contributed by atoms with Crippen LogP contribution in [0.15, 0.2) is 30.5 Å². The number of aromatic nitrogens is 1. The molecule has 2 heterocycles. The minimum Gasteiger partial charge on any atom is -0.480 e. The van der Waals surface area contributed by atoms with Crippen molar-refractivity contribution in [2.45, 2.75) is 63.7 Å². The van der Waals surface area contributed by atoms with Gasteiger partial charge < -0.3 is 36.1 Å². The van der Waals surface area contributed by atoms with E-state index in [2.05, 4.69) is 45.2 Å². The number of primary amides is 1. The fourth-order valence-electron chi connectivity index (χ4n) is 5.06. The van der Waals surface area contributed by atoms with E-state index >= 15 is 0 Å². The van der Waals surface area contributed by atoms with Crippen LogP contribution in [0.5, 0.6) is 0 Å². The van der Waals surface area contributed by atoms with E-state index in [0.29, 0.717) is 25.4 Å². The number of ether oxygens (including phenoxy) is 1. The number of amides is 2. The van der Waals surface area contributed by atoms with Crippen LogP contribution in [-0.4, -0.2) is 71.2 Å². The van der Waals surface area contributed by atoms with Gasteiger partial charge in [0.1, 0.15) is 5.41 Å². The molecule has 2 saturated carbocycles. The first-order valence-corrected chi connectivity index (χ1v) is 13.1. The van der Waals surface area contributed by atoms with Crippen LogP contribution in [0.1, 0.15) is 44.1 Å². The van der Waals surface area contributed by atoms with Crippen LogP contribution in [0.4, 0.5) is 0 Å². The second-order valence-electron chi connectivity index (χ2n) is 10.5. The number of carbonyl (C=O) groups is 3. The Morgan fingerprint density at radius 3 is 2.51 bits per heavy atom. The quantitative estimate of drug-likeness (QED) is 0.277. The Balaban J connectivity index is 0.000000301. The van der Waals surface area contributed by atoms with E-state index in [9.17, 15) is 14.4 Å². The molecule has 10 nitrogen and oxygen atoms in total. The molecule has 0 radical (unpaired) electrons. The van der Waals surface area contributed by atoms with Crippen LogP contribution in [0, 0.1) is 11.3 Å². The molecule has 1 aromatic heterocycles. The Morgan fingerprint density at radius 1 is 1.22 bits per heavy atom. The highest BCUT2D eigenvalue weighted by atomic mass is 16.5. The molecular formula is C27H39N5O5. The number of rotatable bonds is 10. The lowest BCUT2D eigenvalue weighted by Crippen LogP contribution is -2.50. The second kappa shape index (κ2) is 11.6. The number of nitrogens with one attached hydrogen (secondary N) is 1. The lowest BCUT2D eigenvalue weighted by atomic mass is 9.94. The smallest absolute Gasteiger partial charge is 0.319 e. The number of aryl methyl sites for hydroxylation is 1. The number of piperidine rings is 1. The van der Waals surface area contributed by atoms with Crippen molar-refractivity contribution in [2.24, 2.45) is 22.8 Å². The molecule has 0 spiro atoms. The van der Waals surface area contributed by atoms with E-state index in [-0.39, 0.29) is 17.9 Å². The molecule has 2 atom stereocenters. The Labute approximate surface area is 217 Å². The van der Waals surface area contributed by atoms with Gasteiger partial charge in [-0.3, -0.25) is 14.4 Å². The van der Waals surface area contributed by atoms with Crippen molar-refractivity contribution in [2.75, 3.05) is 26.8 Å². The van der Waals surface area contributed by atoms with Crippen LogP contribution in [0.2, 0.25) is 0 Å². The number of fused-ring (bicyclic) bond motifs is 1. The number of aliphatic carboxylic acids is 1. The lowest BCUT2D eigenvalue weighted by molar-refractivity contribution is -0.148. The van der Waals surface area contributed by atoms with Gasteiger partial charge in [-0.25, -0.2) is 0 Å². The van der Waals surface area contributed by atoms with E-state index in [1.807, 2.05) is 0 Å². The Kier molecular flexibility index (Phi) is 8.51. The zero-order chi connectivity index (χ0) is 26.6. The number of hydrogen-bond donors (Lipinski definition) is 4. The SMILES string of the molecule is COCCCn1cc(CN(C(=O)[C@@H]2CNC[C@H](N)C2)C2CC2)c2ccccc21.NC(=O)C1(C(=O)O)CC1. The highest BCUT2D eigenvalue weighted by molar-refractivity contribution is 6.04. The van der Waals surface area contributed by atoms with Gasteiger partial charge in [-0.15, -0.1) is 0 Å². The highest BCUT2D eigenvalue weighted by Gasteiger charge is 2.55. The number of carboxylic acids is 1. The number of nitrogens with two attached hydrogens (primary N) is 2. The maximum atomic E-state index is 13.3. The molecule has 0 unspecified atom stereocenters. The van der Waals surface area contributed by atoms with E-state index in [0.717, 1.165) is 51.9 Å². The zero-order valence-corrected chi connectivity index (χ0v) is 21.5. The largest absolute Gasteiger partial charge is 0.480 e. The first-order valence-electron chi connectivity index (χ1n) is 13.1. The van der Waals surface area contributed by atoms with Crippen LogP contribution < -0.4 is 16.8 Å². The van der Waals surface area contributed by atoms with Crippen molar-refractivity contribution in [1.82, 2.24) is 14.8 Å². The van der Waals surface area contributed by atoms with Crippen LogP contribution in [-0.2, 0) is 32.2 Å². The summed E-state index contributed by atoms with van der Waals surface area (Å²) in [5.74, 6) is -1.54. The van der Waals surface area contributed by atoms with E-state index in [1.165, 1.54) is 16.5 Å². The summed E-state index contributed by atoms with van der Waals surface area (Å²) >= 11 is 0. The fourth-order valence-corrected chi connectivity index (χ4v) is 5.06. The number of hydrogen-bond acceptors (Lipinski definition) is 6. The first kappa shape index (κ1) is 27.1. The molecule has 3 aliphatic rings. The fraction of sp³-hybridized carbons (Fsp3) is 0.593. The molecule has 2 amide bonds. The number of benzene rings is 1. The molecule has 2 aromatic rings. The third kappa shape index (κ3) is 6.31. The molecular weight excluding hydrogens is 474 g/mol. The first-order chi connectivity index (χ1) is 17.8. The minimum absolute atomic E-state index is 0.000553. The summed E-state index contributed by atoms with van der Waals surface area (Å²) in [4.78, 5) is 36.0. The number of nitrogens with zero attached hydrogens (tertiary/aromatic N) is 2. The van der Waals surface area contributed by atoms with Crippen LogP contribution in [0.3, 0.4) is 0 Å². The third-order valence-corrected chi connectivity index (χ3v) is 7.59. The third-order valence-electron chi connectivity index (χ3n) is 7.59. The van der Waals surface area contributed by atoms with Gasteiger partial charge in [-0.2, -0.15) is 0 Å². The average molecular weight is 514 g/mol. The van der Waals surface area contributed by atoms with Gasteiger partial charge in [0, 0.05) is 69.1 Å². The van der Waals surface area contributed by atoms with Crippen LogP contribution in [0.25, 0.3) is 10.9 Å². The van der Waals surface area contributed by atoms with E-state index in [4.69, 9.17) is 21.3 Å². The van der Waals surface area contributed by atoms with E-state index < -0.39 is 17.3 Å². The zero-order valence-electron chi connectivity index (χ0n) is 21.5. The summed E-state index contributed by atoms with van der Waals surface area (Å²) in [6.45, 7) is 3.92. The molecule has 1 aliphatic heterocycles. The molecule has 2 aliphatic carbocycles. The normalized spacial score (nSPS) is 22.1. The lowest BCUT2D eigenvalue weighted by Gasteiger charge is -2.32. The molecule has 202 valence electrons. The van der Waals surface area contributed by atoms with Crippen molar-refractivity contribution in [3.8, 4) is 0 Å². The van der Waals surface area contributed by atoms with Gasteiger partial charge in [0.15, 0.2) is 0 Å². The van der Waals surface area contributed by atoms with Crippen molar-refractivity contribution < 1.29 is 24.2 Å². The Bertz CT molecular complexity index is 1110. The van der Waals surface area contributed by atoms with Gasteiger partial charge in [-0.05, 0) is 50.2 Å². The van der Waals surface area contributed by atoms with Gasteiger partial charge >= 0.3 is 5.97 Å². The summed E-state index contributed by atoms with van der Waals surface area (Å²) < 4.78 is 7.51. The topological polar surface area (TPSA) is 153 Å². The molecule has 3 fully saturated rings. The molecule has 0 bridgehead atoms. The standard InChI is InChI=1S/C22H32N4O2.C5H7NO3/c1-28-10-4-9-25-14-17(20-5-2-3-6-21(20)25)15-26(19-7-8-19)22(27)16-11-18(23)13-24-12-16;6-3(7)5(1-2-5)4(8)9/h2-3,5-6,14,16,18-19,24H,4,7-13,15,23H2,1H3;1-2H2,(H2,6,7)(H,8,9)/t16-,18+;/m0./s1. The number of para-hydroxylation sites is 1. The molecule has 1 aromatic carbocycles. The molecule has 37 heavy (non-hydrogen) atoms. The van der Waals surface area contributed by atoms with Crippen molar-refractivity contribution in [3.63, 3.8) is 0 Å². The maximum absolute atomic E-state index is 13.3. The van der Waals surface area contributed by atoms with Crippen LogP contribution >= 0.6 is 0 Å². The average Bonchev–Trinajstić information content (AvgIpc) is 3.80. The molecule has 10 heteroatoms. The van der Waals surface area contributed by atoms with Gasteiger partial charge in [0.2, 0.25) is 11.8 Å². The summed E-state index contributed by atoms with van der Waals surface area (Å²) in [7, 11) is 1.74. The molecule has 5 rings (SSSR count). The minimum atomic E-state index is -1.19. The summed E-state index contributed by atoms with van der Waals surface area (Å²) in [6, 6.07) is 8.97. The second-order valence-corrected chi connectivity index (χ2v) is 10.5. The Morgan fingerprint density at radius 2 is 1.95 bits per heavy atom. The summed E-state index contributed by atoms with van der Waals surface area (Å²) in [5, 5.41) is 12.9. The molecule has 1 saturated heterocycles. The van der Waals surface area contributed by atoms with Gasteiger partial charge in [0.05, 0.1) is 5.92 Å². The molecule has 6 N–H and O–H groups in total. The predicted octanol–water partition coefficient (Wildman–Crippen LogP) is 1.44. The number of carbonyl (C=O) groups excluding carboxylic acids is 2.